The van der Waals surface area contributed by atoms with Gasteiger partial charge in [0, 0.05) is 50.4 Å². The van der Waals surface area contributed by atoms with Crippen molar-refractivity contribution in [2.45, 2.75) is 6.54 Å². The van der Waals surface area contributed by atoms with Gasteiger partial charge in [-0.25, -0.2) is 0 Å². The molecule has 2 aromatic rings. The Morgan fingerprint density at radius 1 is 1.10 bits per heavy atom. The number of halogens is 1. The summed E-state index contributed by atoms with van der Waals surface area (Å²) in [4.78, 5) is 27.0. The van der Waals surface area contributed by atoms with Gasteiger partial charge in [-0.05, 0) is 24.3 Å². The monoisotopic (exact) mass is 419 g/mol. The van der Waals surface area contributed by atoms with Crippen LogP contribution in [0.5, 0.6) is 11.5 Å². The van der Waals surface area contributed by atoms with E-state index < -0.39 is 4.92 Å². The fourth-order valence-corrected chi connectivity index (χ4v) is 3.57. The summed E-state index contributed by atoms with van der Waals surface area (Å²) in [6.07, 6.45) is 0. The van der Waals surface area contributed by atoms with E-state index in [1.807, 2.05) is 18.2 Å². The fourth-order valence-electron chi connectivity index (χ4n) is 3.32. The lowest BCUT2D eigenvalue weighted by atomic mass is 10.1. The van der Waals surface area contributed by atoms with E-state index in [9.17, 15) is 14.9 Å². The maximum absolute atomic E-state index is 12.8. The van der Waals surface area contributed by atoms with Crippen molar-refractivity contribution in [1.29, 1.82) is 0 Å². The van der Waals surface area contributed by atoms with Gasteiger partial charge >= 0.3 is 0 Å². The smallest absolute Gasteiger partial charge is 0.270 e. The van der Waals surface area contributed by atoms with E-state index in [1.54, 1.807) is 19.1 Å². The maximum atomic E-state index is 12.8. The Hall–Kier alpha value is -2.84. The van der Waals surface area contributed by atoms with Crippen LogP contribution in [0.15, 0.2) is 36.4 Å². The Morgan fingerprint density at radius 3 is 2.41 bits per heavy atom. The number of nitro benzene ring substituents is 1. The van der Waals surface area contributed by atoms with Crippen molar-refractivity contribution in [3.8, 4) is 11.5 Å². The zero-order valence-electron chi connectivity index (χ0n) is 16.3. The van der Waals surface area contributed by atoms with E-state index in [-0.39, 0.29) is 22.2 Å². The van der Waals surface area contributed by atoms with E-state index in [2.05, 4.69) is 4.90 Å². The lowest BCUT2D eigenvalue weighted by Gasteiger charge is -2.35. The zero-order valence-corrected chi connectivity index (χ0v) is 17.0. The molecule has 0 N–H and O–H groups in total. The van der Waals surface area contributed by atoms with Gasteiger partial charge in [-0.3, -0.25) is 19.8 Å². The number of non-ortho nitro benzene ring substituents is 1. The average Bonchev–Trinajstić information content (AvgIpc) is 2.73. The molecule has 0 saturated carbocycles. The van der Waals surface area contributed by atoms with Crippen molar-refractivity contribution >= 4 is 23.2 Å². The molecule has 0 aliphatic carbocycles. The number of amides is 1. The topological polar surface area (TPSA) is 85.2 Å². The van der Waals surface area contributed by atoms with Crippen LogP contribution in [-0.2, 0) is 6.54 Å². The first-order valence-electron chi connectivity index (χ1n) is 9.09. The highest BCUT2D eigenvalue weighted by atomic mass is 35.5. The second kappa shape index (κ2) is 9.11. The van der Waals surface area contributed by atoms with Crippen LogP contribution in [-0.4, -0.2) is 61.0 Å². The molecule has 3 rings (SSSR count). The number of nitrogens with zero attached hydrogens (tertiary/aromatic N) is 3. The molecule has 0 bridgehead atoms. The van der Waals surface area contributed by atoms with Crippen molar-refractivity contribution < 1.29 is 19.2 Å². The number of nitro groups is 1. The van der Waals surface area contributed by atoms with Crippen molar-refractivity contribution in [3.05, 3.63) is 62.7 Å². The standard InChI is InChI=1S/C20H22ClN3O5/c1-28-16-4-6-19(29-2)14(11-16)13-22-7-9-23(10-8-22)20(25)17-5-3-15(24(26)27)12-18(17)21/h3-6,11-12H,7-10,13H2,1-2H3. The highest BCUT2D eigenvalue weighted by molar-refractivity contribution is 6.34. The predicted molar refractivity (Wildman–Crippen MR) is 109 cm³/mol. The molecule has 1 saturated heterocycles. The third-order valence-corrected chi connectivity index (χ3v) is 5.25. The predicted octanol–water partition coefficient (Wildman–Crippen LogP) is 3.22. The molecule has 0 spiro atoms. The van der Waals surface area contributed by atoms with Gasteiger partial charge in [0.2, 0.25) is 0 Å². The number of hydrogen-bond acceptors (Lipinski definition) is 6. The Balaban J connectivity index is 1.64. The zero-order chi connectivity index (χ0) is 21.0. The third kappa shape index (κ3) is 4.78. The van der Waals surface area contributed by atoms with Crippen LogP contribution in [0.2, 0.25) is 5.02 Å². The summed E-state index contributed by atoms with van der Waals surface area (Å²) in [5.74, 6) is 1.34. The van der Waals surface area contributed by atoms with Crippen molar-refractivity contribution in [1.82, 2.24) is 9.80 Å². The second-order valence-corrected chi connectivity index (χ2v) is 7.07. The summed E-state index contributed by atoms with van der Waals surface area (Å²) < 4.78 is 10.7. The number of carbonyl (C=O) groups is 1. The molecular weight excluding hydrogens is 398 g/mol. The summed E-state index contributed by atoms with van der Waals surface area (Å²) in [5, 5.41) is 10.9. The van der Waals surface area contributed by atoms with Crippen LogP contribution in [0.25, 0.3) is 0 Å². The fraction of sp³-hybridized carbons (Fsp3) is 0.350. The molecule has 1 aliphatic heterocycles. The van der Waals surface area contributed by atoms with Gasteiger partial charge in [0.25, 0.3) is 11.6 Å². The molecule has 29 heavy (non-hydrogen) atoms. The quantitative estimate of drug-likeness (QED) is 0.528. The van der Waals surface area contributed by atoms with Crippen LogP contribution in [0, 0.1) is 10.1 Å². The highest BCUT2D eigenvalue weighted by Crippen LogP contribution is 2.27. The molecule has 154 valence electrons. The largest absolute Gasteiger partial charge is 0.497 e. The molecule has 1 heterocycles. The lowest BCUT2D eigenvalue weighted by Crippen LogP contribution is -2.48. The van der Waals surface area contributed by atoms with Crippen LogP contribution < -0.4 is 9.47 Å². The van der Waals surface area contributed by atoms with Gasteiger partial charge in [-0.15, -0.1) is 0 Å². The molecule has 1 fully saturated rings. The van der Waals surface area contributed by atoms with E-state index in [1.165, 1.54) is 18.2 Å². The van der Waals surface area contributed by atoms with Gasteiger partial charge in [0.1, 0.15) is 11.5 Å². The molecular formula is C20H22ClN3O5. The van der Waals surface area contributed by atoms with Gasteiger partial charge in [-0.1, -0.05) is 11.6 Å². The number of benzene rings is 2. The number of rotatable bonds is 6. The van der Waals surface area contributed by atoms with E-state index in [4.69, 9.17) is 21.1 Å². The molecule has 9 heteroatoms. The van der Waals surface area contributed by atoms with Crippen LogP contribution in [0.3, 0.4) is 0 Å². The summed E-state index contributed by atoms with van der Waals surface area (Å²) in [7, 11) is 3.26. The molecule has 1 aliphatic rings. The van der Waals surface area contributed by atoms with Crippen molar-refractivity contribution in [3.63, 3.8) is 0 Å². The van der Waals surface area contributed by atoms with Gasteiger partial charge in [0.05, 0.1) is 29.7 Å². The van der Waals surface area contributed by atoms with Gasteiger partial charge in [0.15, 0.2) is 0 Å². The summed E-state index contributed by atoms with van der Waals surface area (Å²) in [5.41, 5.74) is 1.16. The number of carbonyl (C=O) groups excluding carboxylic acids is 1. The first-order valence-corrected chi connectivity index (χ1v) is 9.47. The summed E-state index contributed by atoms with van der Waals surface area (Å²) in [6, 6.07) is 9.60. The van der Waals surface area contributed by atoms with Gasteiger partial charge < -0.3 is 14.4 Å². The van der Waals surface area contributed by atoms with Crippen LogP contribution in [0.1, 0.15) is 15.9 Å². The van der Waals surface area contributed by atoms with E-state index in [0.29, 0.717) is 32.7 Å². The molecule has 0 atom stereocenters. The summed E-state index contributed by atoms with van der Waals surface area (Å²) in [6.45, 7) is 3.14. The Labute approximate surface area is 173 Å². The van der Waals surface area contributed by atoms with E-state index >= 15 is 0 Å². The van der Waals surface area contributed by atoms with Gasteiger partial charge in [-0.2, -0.15) is 0 Å². The first-order chi connectivity index (χ1) is 13.9. The number of hydrogen-bond donors (Lipinski definition) is 0. The summed E-state index contributed by atoms with van der Waals surface area (Å²) >= 11 is 6.10. The number of piperazine rings is 1. The molecule has 1 amide bonds. The Bertz CT molecular complexity index is 913. The SMILES string of the molecule is COc1ccc(OC)c(CN2CCN(C(=O)c3ccc([N+](=O)[O-])cc3Cl)CC2)c1. The molecule has 0 unspecified atom stereocenters. The second-order valence-electron chi connectivity index (χ2n) is 6.67. The Morgan fingerprint density at radius 2 is 1.83 bits per heavy atom. The van der Waals surface area contributed by atoms with Crippen LogP contribution in [0.4, 0.5) is 5.69 Å². The van der Waals surface area contributed by atoms with E-state index in [0.717, 1.165) is 17.1 Å². The highest BCUT2D eigenvalue weighted by Gasteiger charge is 2.25. The molecule has 0 aromatic heterocycles. The minimum atomic E-state index is -0.536. The van der Waals surface area contributed by atoms with Crippen molar-refractivity contribution in [2.24, 2.45) is 0 Å². The molecule has 0 radical (unpaired) electrons. The number of ether oxygens (including phenoxy) is 2. The van der Waals surface area contributed by atoms with Crippen molar-refractivity contribution in [2.75, 3.05) is 40.4 Å². The minimum absolute atomic E-state index is 0.0905. The molecule has 8 nitrogen and oxygen atoms in total. The third-order valence-electron chi connectivity index (χ3n) is 4.93. The number of methoxy groups -OCH3 is 2. The molecule has 2 aromatic carbocycles. The average molecular weight is 420 g/mol. The Kier molecular flexibility index (Phi) is 6.56. The maximum Gasteiger partial charge on any atom is 0.270 e. The first kappa shape index (κ1) is 20.9. The minimum Gasteiger partial charge on any atom is -0.497 e. The normalized spacial score (nSPS) is 14.5. The van der Waals surface area contributed by atoms with Crippen LogP contribution >= 0.6 is 11.6 Å². The lowest BCUT2D eigenvalue weighted by molar-refractivity contribution is -0.384.